The molecule has 1 aromatic carbocycles. The second kappa shape index (κ2) is 7.65. The summed E-state index contributed by atoms with van der Waals surface area (Å²) in [6.45, 7) is 0.258. The first kappa shape index (κ1) is 16.2. The highest BCUT2D eigenvalue weighted by Crippen LogP contribution is 2.18. The van der Waals surface area contributed by atoms with Crippen LogP contribution in [0.25, 0.3) is 0 Å². The highest BCUT2D eigenvalue weighted by atomic mass is 35.7. The van der Waals surface area contributed by atoms with Crippen molar-refractivity contribution >= 4 is 19.7 Å². The van der Waals surface area contributed by atoms with Gasteiger partial charge in [0, 0.05) is 16.7 Å². The number of hydrogen-bond donors (Lipinski definition) is 0. The third-order valence-electron chi connectivity index (χ3n) is 2.43. The Morgan fingerprint density at radius 2 is 1.79 bits per heavy atom. The molecule has 19 heavy (non-hydrogen) atoms. The minimum atomic E-state index is -3.42. The average Bonchev–Trinajstić information content (AvgIpc) is 2.31. The van der Waals surface area contributed by atoms with E-state index in [1.165, 1.54) is 0 Å². The molecular formula is C12H15ClF2O3S. The van der Waals surface area contributed by atoms with E-state index < -0.39 is 20.7 Å². The van der Waals surface area contributed by atoms with Gasteiger partial charge in [0.2, 0.25) is 9.05 Å². The standard InChI is InChI=1S/C12H15ClF2O3S/c13-19(16,17)8-4-2-1-3-7-18-12-9-10(14)5-6-11(12)15/h5-6,9H,1-4,7-8H2. The molecule has 3 nitrogen and oxygen atoms in total. The summed E-state index contributed by atoms with van der Waals surface area (Å²) < 4.78 is 52.4. The summed E-state index contributed by atoms with van der Waals surface area (Å²) in [5.41, 5.74) is 0. The normalized spacial score (nSPS) is 11.5. The van der Waals surface area contributed by atoms with E-state index in [4.69, 9.17) is 15.4 Å². The van der Waals surface area contributed by atoms with Gasteiger partial charge in [-0.25, -0.2) is 17.2 Å². The van der Waals surface area contributed by atoms with Crippen LogP contribution in [0.3, 0.4) is 0 Å². The lowest BCUT2D eigenvalue weighted by Gasteiger charge is -2.07. The Morgan fingerprint density at radius 1 is 1.11 bits per heavy atom. The molecule has 0 heterocycles. The SMILES string of the molecule is O=S(=O)(Cl)CCCCCCOc1cc(F)ccc1F. The Morgan fingerprint density at radius 3 is 2.47 bits per heavy atom. The van der Waals surface area contributed by atoms with Crippen LogP contribution in [0.5, 0.6) is 5.75 Å². The highest BCUT2D eigenvalue weighted by molar-refractivity contribution is 8.13. The molecule has 0 saturated carbocycles. The Labute approximate surface area is 115 Å². The van der Waals surface area contributed by atoms with Gasteiger partial charge in [0.1, 0.15) is 5.82 Å². The molecule has 0 aliphatic carbocycles. The molecule has 0 bridgehead atoms. The molecule has 1 rings (SSSR count). The van der Waals surface area contributed by atoms with Crippen LogP contribution < -0.4 is 4.74 Å². The van der Waals surface area contributed by atoms with Crippen molar-refractivity contribution in [3.8, 4) is 5.75 Å². The largest absolute Gasteiger partial charge is 0.490 e. The van der Waals surface area contributed by atoms with Gasteiger partial charge in [-0.2, -0.15) is 0 Å². The number of unbranched alkanes of at least 4 members (excludes halogenated alkanes) is 3. The molecule has 0 unspecified atom stereocenters. The van der Waals surface area contributed by atoms with Crippen LogP contribution in [-0.2, 0) is 9.05 Å². The lowest BCUT2D eigenvalue weighted by Crippen LogP contribution is -2.01. The first-order valence-electron chi connectivity index (χ1n) is 5.89. The van der Waals surface area contributed by atoms with Gasteiger partial charge < -0.3 is 4.74 Å². The quantitative estimate of drug-likeness (QED) is 0.545. The van der Waals surface area contributed by atoms with Crippen LogP contribution in [-0.4, -0.2) is 20.8 Å². The van der Waals surface area contributed by atoms with Gasteiger partial charge in [-0.3, -0.25) is 0 Å². The summed E-state index contributed by atoms with van der Waals surface area (Å²) in [6.07, 6.45) is 2.56. The van der Waals surface area contributed by atoms with Crippen LogP contribution >= 0.6 is 10.7 Å². The van der Waals surface area contributed by atoms with Crippen LogP contribution in [0.4, 0.5) is 8.78 Å². The van der Waals surface area contributed by atoms with Crippen LogP contribution in [0, 0.1) is 11.6 Å². The fraction of sp³-hybridized carbons (Fsp3) is 0.500. The topological polar surface area (TPSA) is 43.4 Å². The van der Waals surface area contributed by atoms with E-state index in [-0.39, 0.29) is 18.1 Å². The van der Waals surface area contributed by atoms with E-state index in [9.17, 15) is 17.2 Å². The van der Waals surface area contributed by atoms with Gasteiger partial charge in [0.05, 0.1) is 12.4 Å². The van der Waals surface area contributed by atoms with E-state index in [2.05, 4.69) is 0 Å². The molecule has 1 aromatic rings. The van der Waals surface area contributed by atoms with Gasteiger partial charge in [-0.05, 0) is 25.0 Å². The van der Waals surface area contributed by atoms with E-state index in [0.717, 1.165) is 24.6 Å². The van der Waals surface area contributed by atoms with Crippen LogP contribution in [0.2, 0.25) is 0 Å². The van der Waals surface area contributed by atoms with Crippen molar-refractivity contribution in [3.05, 3.63) is 29.8 Å². The van der Waals surface area contributed by atoms with E-state index in [1.807, 2.05) is 0 Å². The third-order valence-corrected chi connectivity index (χ3v) is 3.67. The first-order chi connectivity index (χ1) is 8.88. The van der Waals surface area contributed by atoms with E-state index in [1.54, 1.807) is 0 Å². The molecule has 0 aromatic heterocycles. The van der Waals surface area contributed by atoms with Crippen molar-refractivity contribution in [1.82, 2.24) is 0 Å². The van der Waals surface area contributed by atoms with Gasteiger partial charge in [0.25, 0.3) is 0 Å². The minimum absolute atomic E-state index is 0.0477. The molecule has 0 N–H and O–H groups in total. The highest BCUT2D eigenvalue weighted by Gasteiger charge is 2.05. The molecule has 0 saturated heterocycles. The maximum absolute atomic E-state index is 13.2. The predicted molar refractivity (Wildman–Crippen MR) is 70.0 cm³/mol. The van der Waals surface area contributed by atoms with Crippen molar-refractivity contribution in [3.63, 3.8) is 0 Å². The fourth-order valence-electron chi connectivity index (χ4n) is 1.50. The minimum Gasteiger partial charge on any atom is -0.490 e. The Kier molecular flexibility index (Phi) is 6.51. The summed E-state index contributed by atoms with van der Waals surface area (Å²) in [5.74, 6) is -1.31. The number of halogens is 3. The van der Waals surface area contributed by atoms with Gasteiger partial charge in [-0.15, -0.1) is 0 Å². The Balaban J connectivity index is 2.16. The molecular weight excluding hydrogens is 298 g/mol. The Hall–Kier alpha value is -0.880. The van der Waals surface area contributed by atoms with Crippen molar-refractivity contribution in [2.24, 2.45) is 0 Å². The van der Waals surface area contributed by atoms with Gasteiger partial charge in [-0.1, -0.05) is 12.8 Å². The molecule has 0 aliphatic heterocycles. The maximum Gasteiger partial charge on any atom is 0.232 e. The zero-order valence-corrected chi connectivity index (χ0v) is 11.8. The molecule has 0 aliphatic rings. The number of hydrogen-bond acceptors (Lipinski definition) is 3. The number of benzene rings is 1. The third kappa shape index (κ3) is 7.32. The van der Waals surface area contributed by atoms with Gasteiger partial charge in [0.15, 0.2) is 11.6 Å². The van der Waals surface area contributed by atoms with E-state index in [0.29, 0.717) is 19.3 Å². The second-order valence-electron chi connectivity index (χ2n) is 4.08. The summed E-state index contributed by atoms with van der Waals surface area (Å²) in [6, 6.07) is 3.03. The predicted octanol–water partition coefficient (Wildman–Crippen LogP) is 3.47. The van der Waals surface area contributed by atoms with Crippen LogP contribution in [0.15, 0.2) is 18.2 Å². The summed E-state index contributed by atoms with van der Waals surface area (Å²) in [7, 11) is 1.64. The molecule has 7 heteroatoms. The molecule has 0 amide bonds. The maximum atomic E-state index is 13.2. The number of ether oxygens (including phenoxy) is 1. The van der Waals surface area contributed by atoms with Crippen molar-refractivity contribution in [2.45, 2.75) is 25.7 Å². The lowest BCUT2D eigenvalue weighted by molar-refractivity contribution is 0.289. The zero-order chi connectivity index (χ0) is 14.3. The first-order valence-corrected chi connectivity index (χ1v) is 8.36. The second-order valence-corrected chi connectivity index (χ2v) is 6.98. The zero-order valence-electron chi connectivity index (χ0n) is 10.2. The van der Waals surface area contributed by atoms with Gasteiger partial charge >= 0.3 is 0 Å². The monoisotopic (exact) mass is 312 g/mol. The van der Waals surface area contributed by atoms with Crippen molar-refractivity contribution in [1.29, 1.82) is 0 Å². The average molecular weight is 313 g/mol. The van der Waals surface area contributed by atoms with Crippen molar-refractivity contribution < 1.29 is 21.9 Å². The van der Waals surface area contributed by atoms with Crippen molar-refractivity contribution in [2.75, 3.05) is 12.4 Å². The fourth-order valence-corrected chi connectivity index (χ4v) is 2.38. The summed E-state index contributed by atoms with van der Waals surface area (Å²) >= 11 is 0. The van der Waals surface area contributed by atoms with Crippen LogP contribution in [0.1, 0.15) is 25.7 Å². The number of rotatable bonds is 8. The molecule has 0 radical (unpaired) electrons. The molecule has 0 spiro atoms. The smallest absolute Gasteiger partial charge is 0.232 e. The Bertz CT molecular complexity index is 506. The molecule has 108 valence electrons. The molecule has 0 atom stereocenters. The van der Waals surface area contributed by atoms with E-state index >= 15 is 0 Å². The lowest BCUT2D eigenvalue weighted by atomic mass is 10.2. The molecule has 0 fully saturated rings. The summed E-state index contributed by atoms with van der Waals surface area (Å²) in [5, 5.41) is 0. The summed E-state index contributed by atoms with van der Waals surface area (Å²) in [4.78, 5) is 0.